The number of aryl methyl sites for hydroxylation is 2. The molecule has 0 spiro atoms. The van der Waals surface area contributed by atoms with Crippen molar-refractivity contribution in [1.29, 1.82) is 0 Å². The number of nitrogens with two attached hydrogens (primary N) is 1. The minimum Gasteiger partial charge on any atom is -0.398 e. The Balaban J connectivity index is 1.74. The fourth-order valence-corrected chi connectivity index (χ4v) is 2.01. The molecule has 2 aromatic rings. The van der Waals surface area contributed by atoms with Crippen LogP contribution in [0.2, 0.25) is 0 Å². The van der Waals surface area contributed by atoms with E-state index in [1.54, 1.807) is 18.6 Å². The van der Waals surface area contributed by atoms with Crippen LogP contribution in [-0.4, -0.2) is 22.0 Å². The third kappa shape index (κ3) is 3.60. The Kier molecular flexibility index (Phi) is 4.76. The molecule has 2 rings (SSSR count). The molecule has 20 heavy (non-hydrogen) atoms. The number of para-hydroxylation sites is 1. The Hall–Kier alpha value is -2.30. The van der Waals surface area contributed by atoms with E-state index in [-0.39, 0.29) is 5.91 Å². The maximum Gasteiger partial charge on any atom is 0.253 e. The number of unbranched alkanes of at least 4 members (excludes halogenated alkanes) is 1. The molecule has 1 aromatic carbocycles. The molecule has 0 fully saturated rings. The molecule has 1 amide bonds. The fourth-order valence-electron chi connectivity index (χ4n) is 2.01. The molecule has 0 saturated heterocycles. The third-order valence-electron chi connectivity index (χ3n) is 3.26. The average Bonchev–Trinajstić information content (AvgIpc) is 2.94. The van der Waals surface area contributed by atoms with Crippen molar-refractivity contribution in [1.82, 2.24) is 14.9 Å². The van der Waals surface area contributed by atoms with E-state index in [0.717, 1.165) is 24.9 Å². The van der Waals surface area contributed by atoms with Gasteiger partial charge in [-0.1, -0.05) is 12.1 Å². The van der Waals surface area contributed by atoms with Gasteiger partial charge in [-0.3, -0.25) is 4.79 Å². The number of rotatable bonds is 6. The van der Waals surface area contributed by atoms with E-state index in [9.17, 15) is 4.79 Å². The van der Waals surface area contributed by atoms with E-state index in [4.69, 9.17) is 5.73 Å². The molecule has 0 unspecified atom stereocenters. The van der Waals surface area contributed by atoms with Crippen LogP contribution in [0.15, 0.2) is 36.9 Å². The number of hydrogen-bond acceptors (Lipinski definition) is 3. The van der Waals surface area contributed by atoms with Crippen LogP contribution >= 0.6 is 0 Å². The van der Waals surface area contributed by atoms with Crippen molar-refractivity contribution in [3.8, 4) is 0 Å². The van der Waals surface area contributed by atoms with Crippen molar-refractivity contribution >= 4 is 11.6 Å². The summed E-state index contributed by atoms with van der Waals surface area (Å²) in [5.74, 6) is -0.103. The predicted molar refractivity (Wildman–Crippen MR) is 79.4 cm³/mol. The first-order valence-electron chi connectivity index (χ1n) is 6.77. The molecule has 106 valence electrons. The second-order valence-electron chi connectivity index (χ2n) is 4.80. The summed E-state index contributed by atoms with van der Waals surface area (Å²) in [6, 6.07) is 5.50. The largest absolute Gasteiger partial charge is 0.398 e. The smallest absolute Gasteiger partial charge is 0.253 e. The number of benzene rings is 1. The van der Waals surface area contributed by atoms with Gasteiger partial charge in [0.2, 0.25) is 0 Å². The van der Waals surface area contributed by atoms with Crippen LogP contribution in [0.1, 0.15) is 28.8 Å². The molecular formula is C15H20N4O. The van der Waals surface area contributed by atoms with Gasteiger partial charge < -0.3 is 15.6 Å². The SMILES string of the molecule is Cc1cccc(C(=O)NCCCCn2ccnc2)c1N. The maximum absolute atomic E-state index is 12.0. The molecule has 1 aromatic heterocycles. The lowest BCUT2D eigenvalue weighted by atomic mass is 10.1. The molecule has 0 aliphatic rings. The van der Waals surface area contributed by atoms with Crippen molar-refractivity contribution in [2.75, 3.05) is 12.3 Å². The summed E-state index contributed by atoms with van der Waals surface area (Å²) in [4.78, 5) is 16.0. The highest BCUT2D eigenvalue weighted by atomic mass is 16.1. The van der Waals surface area contributed by atoms with Gasteiger partial charge in [0.05, 0.1) is 11.9 Å². The van der Waals surface area contributed by atoms with Crippen LogP contribution in [-0.2, 0) is 6.54 Å². The Morgan fingerprint density at radius 3 is 3.00 bits per heavy atom. The summed E-state index contributed by atoms with van der Waals surface area (Å²) in [5.41, 5.74) is 7.95. The highest BCUT2D eigenvalue weighted by molar-refractivity contribution is 5.99. The third-order valence-corrected chi connectivity index (χ3v) is 3.26. The monoisotopic (exact) mass is 272 g/mol. The van der Waals surface area contributed by atoms with E-state index >= 15 is 0 Å². The molecule has 3 N–H and O–H groups in total. The number of nitrogens with one attached hydrogen (secondary N) is 1. The number of carbonyl (C=O) groups excluding carboxylic acids is 1. The van der Waals surface area contributed by atoms with Crippen molar-refractivity contribution in [2.45, 2.75) is 26.3 Å². The van der Waals surface area contributed by atoms with Crippen LogP contribution in [0.5, 0.6) is 0 Å². The van der Waals surface area contributed by atoms with Gasteiger partial charge in [-0.25, -0.2) is 4.98 Å². The number of imidazole rings is 1. The quantitative estimate of drug-likeness (QED) is 0.624. The molecule has 5 heteroatoms. The molecule has 0 saturated carbocycles. The number of carbonyl (C=O) groups is 1. The van der Waals surface area contributed by atoms with Gasteiger partial charge in [0.15, 0.2) is 0 Å². The minimum atomic E-state index is -0.103. The van der Waals surface area contributed by atoms with Gasteiger partial charge >= 0.3 is 0 Å². The van der Waals surface area contributed by atoms with Crippen LogP contribution in [0.3, 0.4) is 0 Å². The van der Waals surface area contributed by atoms with E-state index in [2.05, 4.69) is 10.3 Å². The van der Waals surface area contributed by atoms with E-state index in [0.29, 0.717) is 17.8 Å². The normalized spacial score (nSPS) is 10.4. The number of aromatic nitrogens is 2. The zero-order valence-corrected chi connectivity index (χ0v) is 11.7. The van der Waals surface area contributed by atoms with Crippen molar-refractivity contribution in [2.24, 2.45) is 0 Å². The van der Waals surface area contributed by atoms with Gasteiger partial charge in [-0.05, 0) is 31.4 Å². The first kappa shape index (κ1) is 14.1. The number of hydrogen-bond donors (Lipinski definition) is 2. The molecular weight excluding hydrogens is 252 g/mol. The predicted octanol–water partition coefficient (Wildman–Crippen LogP) is 1.98. The van der Waals surface area contributed by atoms with Crippen LogP contribution in [0.25, 0.3) is 0 Å². The van der Waals surface area contributed by atoms with E-state index in [1.807, 2.05) is 29.8 Å². The summed E-state index contributed by atoms with van der Waals surface area (Å²) in [6.45, 7) is 3.47. The van der Waals surface area contributed by atoms with Gasteiger partial charge in [-0.2, -0.15) is 0 Å². The Bertz CT molecular complexity index is 563. The second kappa shape index (κ2) is 6.75. The van der Waals surface area contributed by atoms with Gasteiger partial charge in [0, 0.05) is 31.2 Å². The lowest BCUT2D eigenvalue weighted by Gasteiger charge is -2.09. The summed E-state index contributed by atoms with van der Waals surface area (Å²) >= 11 is 0. The zero-order valence-electron chi connectivity index (χ0n) is 11.7. The second-order valence-corrected chi connectivity index (χ2v) is 4.80. The van der Waals surface area contributed by atoms with Crippen LogP contribution in [0, 0.1) is 6.92 Å². The Morgan fingerprint density at radius 2 is 2.25 bits per heavy atom. The lowest BCUT2D eigenvalue weighted by molar-refractivity contribution is 0.0953. The summed E-state index contributed by atoms with van der Waals surface area (Å²) in [5, 5.41) is 2.90. The number of anilines is 1. The summed E-state index contributed by atoms with van der Waals surface area (Å²) in [6.07, 6.45) is 7.43. The standard InChI is InChI=1S/C15H20N4O/c1-12-5-4-6-13(14(12)16)15(20)18-7-2-3-9-19-10-8-17-11-19/h4-6,8,10-11H,2-3,7,9,16H2,1H3,(H,18,20). The van der Waals surface area contributed by atoms with E-state index in [1.165, 1.54) is 0 Å². The first-order chi connectivity index (χ1) is 9.68. The molecule has 0 atom stereocenters. The lowest BCUT2D eigenvalue weighted by Crippen LogP contribution is -2.25. The highest BCUT2D eigenvalue weighted by Gasteiger charge is 2.09. The average molecular weight is 272 g/mol. The molecule has 0 radical (unpaired) electrons. The molecule has 5 nitrogen and oxygen atoms in total. The zero-order chi connectivity index (χ0) is 14.4. The summed E-state index contributed by atoms with van der Waals surface area (Å²) in [7, 11) is 0. The van der Waals surface area contributed by atoms with Crippen LogP contribution in [0.4, 0.5) is 5.69 Å². The molecule has 0 aliphatic carbocycles. The maximum atomic E-state index is 12.0. The topological polar surface area (TPSA) is 72.9 Å². The number of nitrogens with zero attached hydrogens (tertiary/aromatic N) is 2. The van der Waals surface area contributed by atoms with E-state index < -0.39 is 0 Å². The van der Waals surface area contributed by atoms with Gasteiger partial charge in [0.25, 0.3) is 5.91 Å². The Morgan fingerprint density at radius 1 is 1.40 bits per heavy atom. The number of nitrogen functional groups attached to an aromatic ring is 1. The van der Waals surface area contributed by atoms with Crippen molar-refractivity contribution in [3.63, 3.8) is 0 Å². The van der Waals surface area contributed by atoms with Crippen molar-refractivity contribution < 1.29 is 4.79 Å². The summed E-state index contributed by atoms with van der Waals surface area (Å²) < 4.78 is 2.03. The number of amides is 1. The molecule has 0 aliphatic heterocycles. The van der Waals surface area contributed by atoms with Gasteiger partial charge in [0.1, 0.15) is 0 Å². The van der Waals surface area contributed by atoms with Crippen molar-refractivity contribution in [3.05, 3.63) is 48.0 Å². The first-order valence-corrected chi connectivity index (χ1v) is 6.77. The van der Waals surface area contributed by atoms with Crippen LogP contribution < -0.4 is 11.1 Å². The minimum absolute atomic E-state index is 0.103. The molecule has 0 bridgehead atoms. The molecule has 1 heterocycles. The Labute approximate surface area is 118 Å². The van der Waals surface area contributed by atoms with Gasteiger partial charge in [-0.15, -0.1) is 0 Å². The fraction of sp³-hybridized carbons (Fsp3) is 0.333. The highest BCUT2D eigenvalue weighted by Crippen LogP contribution is 2.15.